The number of benzene rings is 2. The summed E-state index contributed by atoms with van der Waals surface area (Å²) in [5.41, 5.74) is 2.62. The first-order valence-electron chi connectivity index (χ1n) is 10.3. The van der Waals surface area contributed by atoms with E-state index in [9.17, 15) is 9.59 Å². The van der Waals surface area contributed by atoms with Crippen LogP contribution in [0.1, 0.15) is 36.9 Å². The van der Waals surface area contributed by atoms with Gasteiger partial charge in [-0.1, -0.05) is 60.7 Å². The lowest BCUT2D eigenvalue weighted by atomic mass is 9.97. The molecule has 0 atom stereocenters. The zero-order chi connectivity index (χ0) is 20.5. The van der Waals surface area contributed by atoms with Gasteiger partial charge in [-0.25, -0.2) is 0 Å². The molecule has 0 unspecified atom stereocenters. The summed E-state index contributed by atoms with van der Waals surface area (Å²) in [6.07, 6.45) is 0.932. The maximum Gasteiger partial charge on any atom is 0.313 e. The fraction of sp³-hybridized carbons (Fsp3) is 0.417. The maximum absolute atomic E-state index is 11.5. The molecule has 29 heavy (non-hydrogen) atoms. The normalized spacial score (nSPS) is 15.8. The Kier molecular flexibility index (Phi) is 7.96. The number of rotatable bonds is 8. The number of carbonyl (C=O) groups excluding carboxylic acids is 2. The van der Waals surface area contributed by atoms with E-state index in [4.69, 9.17) is 4.74 Å². The Hall–Kier alpha value is -2.50. The van der Waals surface area contributed by atoms with E-state index in [1.54, 1.807) is 0 Å². The molecule has 0 radical (unpaired) electrons. The second-order valence-corrected chi connectivity index (χ2v) is 7.55. The van der Waals surface area contributed by atoms with E-state index in [1.165, 1.54) is 18.1 Å². The van der Waals surface area contributed by atoms with Crippen molar-refractivity contribution in [2.45, 2.75) is 25.8 Å². The Bertz CT molecular complexity index is 740. The van der Waals surface area contributed by atoms with Crippen LogP contribution in [0.15, 0.2) is 60.7 Å². The number of Topliss-reactive ketones (excluding diaryl/α,β-unsaturated/α-hetero) is 1. The highest BCUT2D eigenvalue weighted by Gasteiger charge is 2.24. The lowest BCUT2D eigenvalue weighted by Gasteiger charge is -2.31. The van der Waals surface area contributed by atoms with Crippen LogP contribution in [0.2, 0.25) is 0 Å². The van der Waals surface area contributed by atoms with E-state index in [-0.39, 0.29) is 18.2 Å². The van der Waals surface area contributed by atoms with Gasteiger partial charge in [0.05, 0.1) is 6.04 Å². The molecule has 1 heterocycles. The number of hydrogen-bond donors (Lipinski definition) is 0. The highest BCUT2D eigenvalue weighted by atomic mass is 16.5. The zero-order valence-corrected chi connectivity index (χ0v) is 17.1. The van der Waals surface area contributed by atoms with Gasteiger partial charge in [-0.05, 0) is 31.0 Å². The largest absolute Gasteiger partial charge is 0.464 e. The van der Waals surface area contributed by atoms with Gasteiger partial charge < -0.3 is 4.74 Å². The van der Waals surface area contributed by atoms with Crippen molar-refractivity contribution < 1.29 is 14.3 Å². The van der Waals surface area contributed by atoms with Crippen molar-refractivity contribution in [1.29, 1.82) is 0 Å². The van der Waals surface area contributed by atoms with E-state index in [1.807, 2.05) is 0 Å². The third-order valence-corrected chi connectivity index (χ3v) is 5.28. The summed E-state index contributed by atoms with van der Waals surface area (Å²) < 4.78 is 5.19. The van der Waals surface area contributed by atoms with Crippen LogP contribution in [0.4, 0.5) is 0 Å². The van der Waals surface area contributed by atoms with Crippen molar-refractivity contribution >= 4 is 11.8 Å². The quantitative estimate of drug-likeness (QED) is 0.508. The molecular weight excluding hydrogens is 364 g/mol. The van der Waals surface area contributed by atoms with Gasteiger partial charge in [-0.2, -0.15) is 0 Å². The first-order chi connectivity index (χ1) is 14.1. The monoisotopic (exact) mass is 394 g/mol. The smallest absolute Gasteiger partial charge is 0.313 e. The molecule has 5 heteroatoms. The van der Waals surface area contributed by atoms with E-state index >= 15 is 0 Å². The van der Waals surface area contributed by atoms with E-state index in [2.05, 4.69) is 70.5 Å². The van der Waals surface area contributed by atoms with Crippen LogP contribution >= 0.6 is 0 Å². The summed E-state index contributed by atoms with van der Waals surface area (Å²) in [6, 6.07) is 21.6. The number of ether oxygens (including phenoxy) is 1. The molecule has 5 nitrogen and oxygen atoms in total. The molecule has 2 aromatic carbocycles. The van der Waals surface area contributed by atoms with Crippen LogP contribution in [0.5, 0.6) is 0 Å². The summed E-state index contributed by atoms with van der Waals surface area (Å²) in [5, 5.41) is 0. The molecule has 0 spiro atoms. The highest BCUT2D eigenvalue weighted by molar-refractivity contribution is 5.94. The number of ketones is 1. The SMILES string of the molecule is CC(=O)CC(=O)OCCN1CCCN(C(c2ccccc2)c2ccccc2)CC1. The fourth-order valence-electron chi connectivity index (χ4n) is 3.90. The lowest BCUT2D eigenvalue weighted by molar-refractivity contribution is -0.146. The van der Waals surface area contributed by atoms with Crippen molar-refractivity contribution in [2.24, 2.45) is 0 Å². The predicted molar refractivity (Wildman–Crippen MR) is 114 cm³/mol. The molecule has 1 aliphatic heterocycles. The number of nitrogens with zero attached hydrogens (tertiary/aromatic N) is 2. The Morgan fingerprint density at radius 2 is 1.52 bits per heavy atom. The Morgan fingerprint density at radius 1 is 0.897 bits per heavy atom. The molecular formula is C24H30N2O3. The van der Waals surface area contributed by atoms with Crippen LogP contribution in [0, 0.1) is 0 Å². The average Bonchev–Trinajstić information content (AvgIpc) is 2.95. The topological polar surface area (TPSA) is 49.9 Å². The summed E-state index contributed by atoms with van der Waals surface area (Å²) in [6.45, 7) is 6.34. The van der Waals surface area contributed by atoms with E-state index < -0.39 is 5.97 Å². The molecule has 1 aliphatic rings. The van der Waals surface area contributed by atoms with Gasteiger partial charge >= 0.3 is 5.97 Å². The molecule has 0 saturated carbocycles. The van der Waals surface area contributed by atoms with Crippen LogP contribution in [0.3, 0.4) is 0 Å². The van der Waals surface area contributed by atoms with Gasteiger partial charge in [0, 0.05) is 26.2 Å². The third-order valence-electron chi connectivity index (χ3n) is 5.28. The molecule has 1 saturated heterocycles. The predicted octanol–water partition coefficient (Wildman–Crippen LogP) is 3.31. The Balaban J connectivity index is 1.60. The molecule has 1 fully saturated rings. The van der Waals surface area contributed by atoms with Crippen LogP contribution in [-0.2, 0) is 14.3 Å². The number of carbonyl (C=O) groups is 2. The molecule has 0 amide bonds. The molecule has 0 aliphatic carbocycles. The second-order valence-electron chi connectivity index (χ2n) is 7.55. The van der Waals surface area contributed by atoms with Crippen molar-refractivity contribution in [3.8, 4) is 0 Å². The summed E-state index contributed by atoms with van der Waals surface area (Å²) in [4.78, 5) is 27.4. The highest BCUT2D eigenvalue weighted by Crippen LogP contribution is 2.29. The zero-order valence-electron chi connectivity index (χ0n) is 17.1. The first-order valence-corrected chi connectivity index (χ1v) is 10.3. The molecule has 0 aromatic heterocycles. The molecule has 2 aromatic rings. The number of hydrogen-bond acceptors (Lipinski definition) is 5. The Labute approximate surface area is 173 Å². The lowest BCUT2D eigenvalue weighted by Crippen LogP contribution is -2.35. The molecule has 0 N–H and O–H groups in total. The van der Waals surface area contributed by atoms with Gasteiger partial charge in [0.2, 0.25) is 0 Å². The van der Waals surface area contributed by atoms with Crippen molar-refractivity contribution in [1.82, 2.24) is 9.80 Å². The van der Waals surface area contributed by atoms with Crippen molar-refractivity contribution in [2.75, 3.05) is 39.3 Å². The minimum Gasteiger partial charge on any atom is -0.464 e. The van der Waals surface area contributed by atoms with Crippen molar-refractivity contribution in [3.05, 3.63) is 71.8 Å². The van der Waals surface area contributed by atoms with Crippen LogP contribution in [-0.4, -0.2) is 60.9 Å². The van der Waals surface area contributed by atoms with Gasteiger partial charge in [-0.15, -0.1) is 0 Å². The van der Waals surface area contributed by atoms with Gasteiger partial charge in [0.25, 0.3) is 0 Å². The third kappa shape index (κ3) is 6.51. The minimum absolute atomic E-state index is 0.135. The molecule has 0 bridgehead atoms. The van der Waals surface area contributed by atoms with Crippen LogP contribution in [0.25, 0.3) is 0 Å². The van der Waals surface area contributed by atoms with E-state index in [0.29, 0.717) is 13.2 Å². The van der Waals surface area contributed by atoms with E-state index in [0.717, 1.165) is 32.6 Å². The molecule has 154 valence electrons. The van der Waals surface area contributed by atoms with Crippen molar-refractivity contribution in [3.63, 3.8) is 0 Å². The summed E-state index contributed by atoms with van der Waals surface area (Å²) in [5.74, 6) is -0.588. The van der Waals surface area contributed by atoms with Crippen LogP contribution < -0.4 is 0 Å². The summed E-state index contributed by atoms with van der Waals surface area (Å²) >= 11 is 0. The number of esters is 1. The van der Waals surface area contributed by atoms with Gasteiger partial charge in [0.15, 0.2) is 0 Å². The van der Waals surface area contributed by atoms with Gasteiger partial charge in [-0.3, -0.25) is 19.4 Å². The maximum atomic E-state index is 11.5. The summed E-state index contributed by atoms with van der Waals surface area (Å²) in [7, 11) is 0. The molecule has 3 rings (SSSR count). The standard InChI is InChI=1S/C24H30N2O3/c1-20(27)19-23(28)29-18-17-25-13-8-14-26(16-15-25)24(21-9-4-2-5-10-21)22-11-6-3-7-12-22/h2-7,9-12,24H,8,13-19H2,1H3. The average molecular weight is 395 g/mol. The minimum atomic E-state index is -0.429. The second kappa shape index (κ2) is 10.9. The van der Waals surface area contributed by atoms with Gasteiger partial charge in [0.1, 0.15) is 18.8 Å². The first kappa shape index (κ1) is 21.2. The fourth-order valence-corrected chi connectivity index (χ4v) is 3.90. The Morgan fingerprint density at radius 3 is 2.10 bits per heavy atom.